The summed E-state index contributed by atoms with van der Waals surface area (Å²) >= 11 is 0. The van der Waals surface area contributed by atoms with Gasteiger partial charge in [0.2, 0.25) is 6.71 Å². The highest BCUT2D eigenvalue weighted by Gasteiger charge is 2.35. The molecular formula is C23H31B. The highest BCUT2D eigenvalue weighted by atomic mass is 14.2. The molecule has 0 aromatic heterocycles. The first-order valence-corrected chi connectivity index (χ1v) is 9.54. The molecule has 2 aromatic carbocycles. The van der Waals surface area contributed by atoms with Crippen molar-refractivity contribution in [2.45, 2.75) is 73.0 Å². The molecule has 1 fully saturated rings. The predicted octanol–water partition coefficient (Wildman–Crippen LogP) is 5.09. The summed E-state index contributed by atoms with van der Waals surface area (Å²) in [6.07, 6.45) is 5.55. The highest BCUT2D eigenvalue weighted by Crippen LogP contribution is 2.34. The summed E-state index contributed by atoms with van der Waals surface area (Å²) in [4.78, 5) is 0. The van der Waals surface area contributed by atoms with Crippen molar-refractivity contribution in [1.29, 1.82) is 0 Å². The minimum Gasteiger partial charge on any atom is -0.0681 e. The highest BCUT2D eigenvalue weighted by molar-refractivity contribution is 6.87. The van der Waals surface area contributed by atoms with Crippen LogP contribution in [0.3, 0.4) is 0 Å². The summed E-state index contributed by atoms with van der Waals surface area (Å²) in [5, 5.41) is 0. The van der Waals surface area contributed by atoms with Crippen molar-refractivity contribution in [3.63, 3.8) is 0 Å². The second kappa shape index (κ2) is 6.79. The molecule has 1 aliphatic carbocycles. The van der Waals surface area contributed by atoms with E-state index in [9.17, 15) is 0 Å². The summed E-state index contributed by atoms with van der Waals surface area (Å²) in [5.74, 6) is 0.796. The van der Waals surface area contributed by atoms with Gasteiger partial charge in [0.05, 0.1) is 0 Å². The van der Waals surface area contributed by atoms with Crippen molar-refractivity contribution >= 4 is 17.6 Å². The van der Waals surface area contributed by atoms with Crippen LogP contribution in [-0.2, 0) is 0 Å². The van der Waals surface area contributed by atoms with Gasteiger partial charge in [-0.3, -0.25) is 0 Å². The molecule has 0 N–H and O–H groups in total. The van der Waals surface area contributed by atoms with Crippen LogP contribution in [0, 0.1) is 41.5 Å². The molecular weight excluding hydrogens is 287 g/mol. The van der Waals surface area contributed by atoms with Crippen LogP contribution >= 0.6 is 0 Å². The average molecular weight is 318 g/mol. The number of hydrogen-bond acceptors (Lipinski definition) is 0. The van der Waals surface area contributed by atoms with Crippen LogP contribution in [0.4, 0.5) is 0 Å². The van der Waals surface area contributed by atoms with Crippen LogP contribution in [0.5, 0.6) is 0 Å². The van der Waals surface area contributed by atoms with E-state index in [1.165, 1.54) is 59.1 Å². The summed E-state index contributed by atoms with van der Waals surface area (Å²) in [6, 6.07) is 9.51. The lowest BCUT2D eigenvalue weighted by atomic mass is 9.31. The molecule has 0 bridgehead atoms. The fourth-order valence-electron chi connectivity index (χ4n) is 5.27. The monoisotopic (exact) mass is 318 g/mol. The van der Waals surface area contributed by atoms with Gasteiger partial charge in [-0.25, -0.2) is 0 Å². The topological polar surface area (TPSA) is 0 Å². The van der Waals surface area contributed by atoms with E-state index in [1.807, 2.05) is 0 Å². The third-order valence-corrected chi connectivity index (χ3v) is 5.97. The lowest BCUT2D eigenvalue weighted by Gasteiger charge is -2.28. The molecule has 0 spiro atoms. The van der Waals surface area contributed by atoms with E-state index in [-0.39, 0.29) is 0 Å². The van der Waals surface area contributed by atoms with Crippen LogP contribution in [0.15, 0.2) is 24.3 Å². The summed E-state index contributed by atoms with van der Waals surface area (Å²) < 4.78 is 0. The van der Waals surface area contributed by atoms with E-state index >= 15 is 0 Å². The summed E-state index contributed by atoms with van der Waals surface area (Å²) in [5.41, 5.74) is 11.9. The minimum atomic E-state index is 0.564. The molecule has 1 saturated carbocycles. The summed E-state index contributed by atoms with van der Waals surface area (Å²) in [7, 11) is 0. The van der Waals surface area contributed by atoms with Crippen LogP contribution in [-0.4, -0.2) is 6.71 Å². The number of benzene rings is 2. The quantitative estimate of drug-likeness (QED) is 0.692. The van der Waals surface area contributed by atoms with Crippen LogP contribution < -0.4 is 10.9 Å². The lowest BCUT2D eigenvalue weighted by molar-refractivity contribution is 0.863. The molecule has 126 valence electrons. The third kappa shape index (κ3) is 3.18. The van der Waals surface area contributed by atoms with Gasteiger partial charge in [-0.1, -0.05) is 100 Å². The molecule has 0 heterocycles. The van der Waals surface area contributed by atoms with Crippen molar-refractivity contribution in [3.05, 3.63) is 57.6 Å². The van der Waals surface area contributed by atoms with E-state index < -0.39 is 0 Å². The van der Waals surface area contributed by atoms with Gasteiger partial charge in [0.25, 0.3) is 0 Å². The second-order valence-electron chi connectivity index (χ2n) is 8.15. The van der Waals surface area contributed by atoms with E-state index in [0.29, 0.717) is 6.71 Å². The Labute approximate surface area is 148 Å². The fourth-order valence-corrected chi connectivity index (χ4v) is 5.27. The van der Waals surface area contributed by atoms with Gasteiger partial charge in [-0.15, -0.1) is 0 Å². The molecule has 2 aromatic rings. The second-order valence-corrected chi connectivity index (χ2v) is 8.15. The fraction of sp³-hybridized carbons (Fsp3) is 0.478. The van der Waals surface area contributed by atoms with E-state index in [2.05, 4.69) is 65.8 Å². The lowest BCUT2D eigenvalue weighted by Crippen LogP contribution is -2.50. The maximum absolute atomic E-state index is 2.38. The molecule has 0 amide bonds. The maximum Gasteiger partial charge on any atom is 0.213 e. The SMILES string of the molecule is Cc1cc(C)c(B(c2c(C)cc(C)cc2C)C2CCCC2)c(C)c1. The molecule has 1 aliphatic rings. The maximum atomic E-state index is 2.38. The van der Waals surface area contributed by atoms with Crippen molar-refractivity contribution in [3.8, 4) is 0 Å². The molecule has 0 saturated heterocycles. The zero-order chi connectivity index (χ0) is 17.4. The predicted molar refractivity (Wildman–Crippen MR) is 109 cm³/mol. The van der Waals surface area contributed by atoms with Crippen molar-refractivity contribution < 1.29 is 0 Å². The number of aryl methyl sites for hydroxylation is 6. The Kier molecular flexibility index (Phi) is 4.90. The summed E-state index contributed by atoms with van der Waals surface area (Å²) in [6.45, 7) is 14.3. The van der Waals surface area contributed by atoms with Gasteiger partial charge < -0.3 is 0 Å². The number of rotatable bonds is 3. The molecule has 0 radical (unpaired) electrons. The number of hydrogen-bond donors (Lipinski definition) is 0. The van der Waals surface area contributed by atoms with Crippen LogP contribution in [0.2, 0.25) is 5.82 Å². The third-order valence-electron chi connectivity index (χ3n) is 5.97. The Bertz CT molecular complexity index is 647. The zero-order valence-corrected chi connectivity index (χ0v) is 16.3. The molecule has 0 aliphatic heterocycles. The van der Waals surface area contributed by atoms with Crippen LogP contribution in [0.1, 0.15) is 59.1 Å². The Morgan fingerprint density at radius 3 is 1.29 bits per heavy atom. The molecule has 0 unspecified atom stereocenters. The standard InChI is InChI=1S/C23H31B/c1-15-11-17(3)22(18(4)12-15)24(21-9-7-8-10-21)23-19(5)13-16(2)14-20(23)6/h11-14,21H,7-10H2,1-6H3. The van der Waals surface area contributed by atoms with Gasteiger partial charge in [0, 0.05) is 0 Å². The van der Waals surface area contributed by atoms with Gasteiger partial charge >= 0.3 is 0 Å². The van der Waals surface area contributed by atoms with Crippen molar-refractivity contribution in [2.75, 3.05) is 0 Å². The first kappa shape index (κ1) is 17.3. The molecule has 0 atom stereocenters. The van der Waals surface area contributed by atoms with E-state index in [4.69, 9.17) is 0 Å². The minimum absolute atomic E-state index is 0.564. The molecule has 3 rings (SSSR count). The van der Waals surface area contributed by atoms with Gasteiger partial charge in [0.15, 0.2) is 0 Å². The Morgan fingerprint density at radius 2 is 0.958 bits per heavy atom. The van der Waals surface area contributed by atoms with Crippen molar-refractivity contribution in [2.24, 2.45) is 0 Å². The first-order chi connectivity index (χ1) is 11.4. The zero-order valence-electron chi connectivity index (χ0n) is 16.3. The molecule has 0 nitrogen and oxygen atoms in total. The largest absolute Gasteiger partial charge is 0.213 e. The van der Waals surface area contributed by atoms with E-state index in [0.717, 1.165) is 5.82 Å². The normalized spacial score (nSPS) is 15.1. The van der Waals surface area contributed by atoms with Gasteiger partial charge in [0.1, 0.15) is 0 Å². The van der Waals surface area contributed by atoms with Crippen LogP contribution in [0.25, 0.3) is 0 Å². The smallest absolute Gasteiger partial charge is 0.0681 e. The Morgan fingerprint density at radius 1 is 0.625 bits per heavy atom. The van der Waals surface area contributed by atoms with Gasteiger partial charge in [-0.05, 0) is 41.5 Å². The molecule has 24 heavy (non-hydrogen) atoms. The first-order valence-electron chi connectivity index (χ1n) is 9.54. The Hall–Kier alpha value is -1.50. The molecule has 1 heteroatoms. The van der Waals surface area contributed by atoms with Gasteiger partial charge in [-0.2, -0.15) is 0 Å². The van der Waals surface area contributed by atoms with Crippen molar-refractivity contribution in [1.82, 2.24) is 0 Å². The Balaban J connectivity index is 2.23. The average Bonchev–Trinajstić information content (AvgIpc) is 2.97. The van der Waals surface area contributed by atoms with E-state index in [1.54, 1.807) is 10.9 Å².